The molecule has 5 nitrogen and oxygen atoms in total. The number of aryl methyl sites for hydroxylation is 2. The molecule has 0 spiro atoms. The van der Waals surface area contributed by atoms with Crippen molar-refractivity contribution in [2.45, 2.75) is 19.9 Å². The van der Waals surface area contributed by atoms with Crippen LogP contribution in [0.2, 0.25) is 13.7 Å². The highest BCUT2D eigenvalue weighted by atomic mass is 35.5. The summed E-state index contributed by atoms with van der Waals surface area (Å²) in [6.45, 7) is 3.17. The molecule has 1 aromatic carbocycles. The first kappa shape index (κ1) is 23.3. The van der Waals surface area contributed by atoms with Crippen molar-refractivity contribution in [1.82, 2.24) is 14.5 Å². The fraction of sp³-hybridized carbons (Fsp3) is 0.211. The predicted octanol–water partition coefficient (Wildman–Crippen LogP) is 6.98. The second-order valence-corrected chi connectivity index (χ2v) is 10.1. The van der Waals surface area contributed by atoms with Crippen LogP contribution in [0.1, 0.15) is 22.3 Å². The fourth-order valence-corrected chi connectivity index (χ4v) is 5.74. The van der Waals surface area contributed by atoms with Crippen molar-refractivity contribution in [2.75, 3.05) is 11.4 Å². The molecule has 0 saturated carbocycles. The SMILES string of the molecule is Cc1ccc(Cl)c2sc(N(CCCn3ccnc3)C(=O)c3cc(Cl)sc3Cl)nc12.Cl. The van der Waals surface area contributed by atoms with E-state index in [9.17, 15) is 4.79 Å². The number of hydrogen-bond acceptors (Lipinski definition) is 5. The number of anilines is 1. The Hall–Kier alpha value is -1.35. The van der Waals surface area contributed by atoms with Crippen LogP contribution in [-0.2, 0) is 6.54 Å². The molecule has 0 fully saturated rings. The number of carbonyl (C=O) groups excluding carboxylic acids is 1. The van der Waals surface area contributed by atoms with Gasteiger partial charge in [-0.1, -0.05) is 52.2 Å². The summed E-state index contributed by atoms with van der Waals surface area (Å²) in [6, 6.07) is 5.38. The summed E-state index contributed by atoms with van der Waals surface area (Å²) in [6.07, 6.45) is 6.10. The van der Waals surface area contributed by atoms with Crippen molar-refractivity contribution in [1.29, 1.82) is 0 Å². The maximum atomic E-state index is 13.3. The molecular weight excluding hydrogens is 506 g/mol. The van der Waals surface area contributed by atoms with E-state index in [-0.39, 0.29) is 18.3 Å². The standard InChI is InChI=1S/C19H15Cl3N4OS2.ClH/c1-11-3-4-13(20)16-15(11)24-19(29-16)26(7-2-6-25-8-5-23-10-25)18(27)12-9-14(21)28-17(12)22;/h3-5,8-10H,2,6-7H2,1H3;1H. The number of imidazole rings is 1. The van der Waals surface area contributed by atoms with Gasteiger partial charge in [0.05, 0.1) is 31.5 Å². The molecule has 0 atom stereocenters. The van der Waals surface area contributed by atoms with E-state index in [1.807, 2.05) is 29.8 Å². The molecule has 0 aliphatic heterocycles. The van der Waals surface area contributed by atoms with Crippen LogP contribution < -0.4 is 4.90 Å². The zero-order valence-electron chi connectivity index (χ0n) is 15.6. The fourth-order valence-electron chi connectivity index (χ4n) is 2.95. The van der Waals surface area contributed by atoms with Gasteiger partial charge in [-0.05, 0) is 31.0 Å². The first-order valence-electron chi connectivity index (χ1n) is 8.72. The number of thiazole rings is 1. The van der Waals surface area contributed by atoms with Crippen LogP contribution in [0.3, 0.4) is 0 Å². The third-order valence-electron chi connectivity index (χ3n) is 4.41. The zero-order valence-corrected chi connectivity index (χ0v) is 20.4. The van der Waals surface area contributed by atoms with Crippen molar-refractivity contribution < 1.29 is 4.79 Å². The Kier molecular flexibility index (Phi) is 7.66. The summed E-state index contributed by atoms with van der Waals surface area (Å²) in [5, 5.41) is 1.21. The molecule has 4 rings (SSSR count). The number of benzene rings is 1. The molecule has 0 radical (unpaired) electrons. The highest BCUT2D eigenvalue weighted by Gasteiger charge is 2.25. The molecule has 3 heterocycles. The van der Waals surface area contributed by atoms with Gasteiger partial charge in [0.2, 0.25) is 0 Å². The van der Waals surface area contributed by atoms with Crippen LogP contribution >= 0.6 is 69.9 Å². The Balaban J connectivity index is 0.00000256. The summed E-state index contributed by atoms with van der Waals surface area (Å²) in [5.41, 5.74) is 2.19. The van der Waals surface area contributed by atoms with E-state index in [1.165, 1.54) is 22.7 Å². The van der Waals surface area contributed by atoms with E-state index in [1.54, 1.807) is 23.5 Å². The second-order valence-electron chi connectivity index (χ2n) is 6.39. The lowest BCUT2D eigenvalue weighted by Gasteiger charge is -2.19. The number of fused-ring (bicyclic) bond motifs is 1. The van der Waals surface area contributed by atoms with Crippen LogP contribution in [0.4, 0.5) is 5.13 Å². The molecule has 11 heteroatoms. The number of thiophene rings is 1. The lowest BCUT2D eigenvalue weighted by Crippen LogP contribution is -2.32. The van der Waals surface area contributed by atoms with Gasteiger partial charge in [0.25, 0.3) is 5.91 Å². The van der Waals surface area contributed by atoms with Gasteiger partial charge in [0.1, 0.15) is 4.34 Å². The summed E-state index contributed by atoms with van der Waals surface area (Å²) >= 11 is 21.3. The largest absolute Gasteiger partial charge is 0.337 e. The average Bonchev–Trinajstić information content (AvgIpc) is 3.42. The van der Waals surface area contributed by atoms with Gasteiger partial charge in [-0.25, -0.2) is 9.97 Å². The molecule has 158 valence electrons. The summed E-state index contributed by atoms with van der Waals surface area (Å²) in [4.78, 5) is 23.7. The Morgan fingerprint density at radius 3 is 2.67 bits per heavy atom. The van der Waals surface area contributed by atoms with Crippen molar-refractivity contribution >= 4 is 91.1 Å². The lowest BCUT2D eigenvalue weighted by molar-refractivity contribution is 0.0987. The Bertz CT molecular complexity index is 1130. The highest BCUT2D eigenvalue weighted by Crippen LogP contribution is 2.38. The maximum Gasteiger partial charge on any atom is 0.262 e. The van der Waals surface area contributed by atoms with E-state index in [0.29, 0.717) is 30.9 Å². The average molecular weight is 522 g/mol. The van der Waals surface area contributed by atoms with Crippen LogP contribution in [0.5, 0.6) is 0 Å². The quantitative estimate of drug-likeness (QED) is 0.275. The van der Waals surface area contributed by atoms with Crippen molar-refractivity contribution in [3.8, 4) is 0 Å². The lowest BCUT2D eigenvalue weighted by atomic mass is 10.2. The van der Waals surface area contributed by atoms with Gasteiger partial charge < -0.3 is 4.57 Å². The van der Waals surface area contributed by atoms with Gasteiger partial charge in [0, 0.05) is 25.5 Å². The number of rotatable bonds is 6. The third-order valence-corrected chi connectivity index (χ3v) is 7.43. The van der Waals surface area contributed by atoms with Gasteiger partial charge in [-0.3, -0.25) is 9.69 Å². The van der Waals surface area contributed by atoms with Crippen LogP contribution in [0.25, 0.3) is 10.2 Å². The van der Waals surface area contributed by atoms with Gasteiger partial charge >= 0.3 is 0 Å². The maximum absolute atomic E-state index is 13.3. The Labute approximate surface area is 202 Å². The van der Waals surface area contributed by atoms with Gasteiger partial charge in [0.15, 0.2) is 5.13 Å². The summed E-state index contributed by atoms with van der Waals surface area (Å²) < 4.78 is 3.68. The molecule has 0 bridgehead atoms. The second kappa shape index (κ2) is 9.85. The van der Waals surface area contributed by atoms with Crippen molar-refractivity contribution in [3.63, 3.8) is 0 Å². The minimum Gasteiger partial charge on any atom is -0.337 e. The summed E-state index contributed by atoms with van der Waals surface area (Å²) in [5.74, 6) is -0.225. The molecular formula is C19H16Cl4N4OS2. The number of amides is 1. The minimum atomic E-state index is -0.225. The molecule has 0 N–H and O–H groups in total. The normalized spacial score (nSPS) is 10.9. The highest BCUT2D eigenvalue weighted by molar-refractivity contribution is 7.23. The molecule has 0 unspecified atom stereocenters. The minimum absolute atomic E-state index is 0. The molecule has 1 amide bonds. The topological polar surface area (TPSA) is 51.0 Å². The van der Waals surface area contributed by atoms with Crippen LogP contribution in [0, 0.1) is 6.92 Å². The number of nitrogens with zero attached hydrogens (tertiary/aromatic N) is 4. The Morgan fingerprint density at radius 1 is 1.23 bits per heavy atom. The predicted molar refractivity (Wildman–Crippen MR) is 129 cm³/mol. The molecule has 4 aromatic rings. The van der Waals surface area contributed by atoms with Gasteiger partial charge in [-0.15, -0.1) is 23.7 Å². The van der Waals surface area contributed by atoms with Crippen LogP contribution in [0.15, 0.2) is 36.9 Å². The smallest absolute Gasteiger partial charge is 0.262 e. The molecule has 3 aromatic heterocycles. The van der Waals surface area contributed by atoms with Crippen LogP contribution in [-0.4, -0.2) is 27.0 Å². The van der Waals surface area contributed by atoms with Gasteiger partial charge in [-0.2, -0.15) is 0 Å². The molecule has 0 saturated heterocycles. The first-order chi connectivity index (χ1) is 13.9. The Morgan fingerprint density at radius 2 is 2.03 bits per heavy atom. The van der Waals surface area contributed by atoms with E-state index >= 15 is 0 Å². The monoisotopic (exact) mass is 520 g/mol. The van der Waals surface area contributed by atoms with E-state index in [0.717, 1.165) is 28.7 Å². The third kappa shape index (κ3) is 4.77. The van der Waals surface area contributed by atoms with E-state index in [4.69, 9.17) is 39.8 Å². The molecule has 0 aliphatic carbocycles. The van der Waals surface area contributed by atoms with Crippen molar-refractivity contribution in [2.24, 2.45) is 0 Å². The molecule has 0 aliphatic rings. The number of halogens is 4. The number of hydrogen-bond donors (Lipinski definition) is 0. The van der Waals surface area contributed by atoms with E-state index < -0.39 is 0 Å². The van der Waals surface area contributed by atoms with Crippen molar-refractivity contribution in [3.05, 3.63) is 61.7 Å². The number of aromatic nitrogens is 3. The zero-order chi connectivity index (χ0) is 20.5. The first-order valence-corrected chi connectivity index (χ1v) is 11.5. The number of carbonyl (C=O) groups is 1. The summed E-state index contributed by atoms with van der Waals surface area (Å²) in [7, 11) is 0. The molecule has 30 heavy (non-hydrogen) atoms. The van der Waals surface area contributed by atoms with E-state index in [2.05, 4.69) is 4.98 Å².